The molecule has 2 saturated heterocycles. The van der Waals surface area contributed by atoms with Crippen molar-refractivity contribution in [2.24, 2.45) is 0 Å². The van der Waals surface area contributed by atoms with Crippen molar-refractivity contribution in [3.05, 3.63) is 111 Å². The molecule has 4 aromatic rings. The standard InChI is InChI=1S/C46H49ClFN5O4/c1-29-18-35(48)14-16-53(29)15-5-17-55-42-9-4-6-37(30(42)2)38-7-3-8-40-39(38)11-12-43(40)57-45-23-44(56-28-33-20-31(24-49)19-32(21-33)25-50)34(22-41(45)47)26-51-36-10-13-46(54)52-27-36/h3-4,6-9,19-23,29,35-36,43,51H,5,10-18,26-28H2,1-2H3,(H,52,54)/t29-,35-,36-,43-/m0/s1. The number of hydrogen-bond donors (Lipinski definition) is 2. The second kappa shape index (κ2) is 18.4. The number of likely N-dealkylation sites (tertiary alicyclic amines) is 1. The number of nitrogens with one attached hydrogen (secondary N) is 2. The molecule has 1 amide bonds. The van der Waals surface area contributed by atoms with E-state index in [1.54, 1.807) is 18.2 Å². The highest BCUT2D eigenvalue weighted by atomic mass is 35.5. The Hall–Kier alpha value is -5.13. The Morgan fingerprint density at radius 3 is 2.49 bits per heavy atom. The van der Waals surface area contributed by atoms with Crippen LogP contribution in [0.2, 0.25) is 5.02 Å². The number of rotatable bonds is 14. The Bertz CT molecular complexity index is 2140. The van der Waals surface area contributed by atoms with Gasteiger partial charge >= 0.3 is 0 Å². The van der Waals surface area contributed by atoms with Crippen LogP contribution >= 0.6 is 11.6 Å². The number of carbonyl (C=O) groups is 1. The van der Waals surface area contributed by atoms with Crippen molar-refractivity contribution in [2.45, 2.75) is 96.3 Å². The minimum atomic E-state index is -0.684. The van der Waals surface area contributed by atoms with Crippen LogP contribution in [-0.2, 0) is 24.4 Å². The Morgan fingerprint density at radius 1 is 0.947 bits per heavy atom. The normalized spacial score (nSPS) is 20.6. The summed E-state index contributed by atoms with van der Waals surface area (Å²) in [7, 11) is 0. The highest BCUT2D eigenvalue weighted by Gasteiger charge is 2.29. The SMILES string of the molecule is Cc1c(OCCCN2CC[C@H](F)C[C@@H]2C)cccc1-c1cccc2c1CC[C@@H]2Oc1cc(OCc2cc(C#N)cc(C#N)c2)c(CN[C@H]2CCC(=O)NC2)cc1Cl. The summed E-state index contributed by atoms with van der Waals surface area (Å²) in [5.41, 5.74) is 8.04. The molecule has 296 valence electrons. The van der Waals surface area contributed by atoms with Gasteiger partial charge < -0.3 is 29.7 Å². The summed E-state index contributed by atoms with van der Waals surface area (Å²) in [5.74, 6) is 2.00. The van der Waals surface area contributed by atoms with Crippen LogP contribution in [0, 0.1) is 29.6 Å². The molecule has 7 rings (SSSR count). The molecule has 0 aromatic heterocycles. The molecule has 1 aliphatic carbocycles. The van der Waals surface area contributed by atoms with Gasteiger partial charge in [-0.05, 0) is 116 Å². The third-order valence-electron chi connectivity index (χ3n) is 11.5. The first-order valence-corrected chi connectivity index (χ1v) is 20.4. The van der Waals surface area contributed by atoms with Gasteiger partial charge in [0.05, 0.1) is 34.9 Å². The quantitative estimate of drug-likeness (QED) is 0.122. The zero-order valence-electron chi connectivity index (χ0n) is 32.6. The van der Waals surface area contributed by atoms with Crippen LogP contribution < -0.4 is 24.8 Å². The van der Waals surface area contributed by atoms with E-state index < -0.39 is 6.17 Å². The van der Waals surface area contributed by atoms with Crippen LogP contribution in [0.25, 0.3) is 11.1 Å². The molecule has 2 fully saturated rings. The molecule has 0 unspecified atom stereocenters. The van der Waals surface area contributed by atoms with Crippen LogP contribution in [0.15, 0.2) is 66.7 Å². The van der Waals surface area contributed by atoms with Gasteiger partial charge in [-0.15, -0.1) is 0 Å². The van der Waals surface area contributed by atoms with E-state index >= 15 is 0 Å². The third kappa shape index (κ3) is 9.71. The highest BCUT2D eigenvalue weighted by Crippen LogP contribution is 2.44. The number of benzene rings is 4. The fourth-order valence-electron chi connectivity index (χ4n) is 8.32. The number of hydrogen-bond acceptors (Lipinski definition) is 8. The lowest BCUT2D eigenvalue weighted by Crippen LogP contribution is -2.45. The summed E-state index contributed by atoms with van der Waals surface area (Å²) >= 11 is 6.95. The number of carbonyl (C=O) groups excluding carboxylic acids is 1. The van der Waals surface area contributed by atoms with E-state index in [1.165, 1.54) is 5.56 Å². The van der Waals surface area contributed by atoms with E-state index in [9.17, 15) is 19.7 Å². The molecule has 4 atom stereocenters. The fourth-order valence-corrected chi connectivity index (χ4v) is 8.55. The lowest BCUT2D eigenvalue weighted by molar-refractivity contribution is -0.122. The van der Waals surface area contributed by atoms with E-state index in [4.69, 9.17) is 25.8 Å². The summed E-state index contributed by atoms with van der Waals surface area (Å²) in [6, 6.07) is 25.9. The van der Waals surface area contributed by atoms with Gasteiger partial charge in [-0.3, -0.25) is 4.79 Å². The minimum Gasteiger partial charge on any atom is -0.493 e. The summed E-state index contributed by atoms with van der Waals surface area (Å²) in [6.07, 6.45) is 4.02. The molecule has 4 aromatic carbocycles. The van der Waals surface area contributed by atoms with Gasteiger partial charge in [0.1, 0.15) is 36.1 Å². The number of nitriles is 2. The van der Waals surface area contributed by atoms with Crippen LogP contribution in [0.3, 0.4) is 0 Å². The highest BCUT2D eigenvalue weighted by molar-refractivity contribution is 6.32. The van der Waals surface area contributed by atoms with Crippen LogP contribution in [0.4, 0.5) is 4.39 Å². The Balaban J connectivity index is 1.07. The van der Waals surface area contributed by atoms with Gasteiger partial charge in [0, 0.05) is 56.3 Å². The molecule has 2 N–H and O–H groups in total. The Labute approximate surface area is 339 Å². The molecule has 2 aliphatic heterocycles. The molecule has 57 heavy (non-hydrogen) atoms. The number of halogens is 2. The van der Waals surface area contributed by atoms with Crippen molar-refractivity contribution in [1.82, 2.24) is 15.5 Å². The Kier molecular flexibility index (Phi) is 13.0. The molecule has 3 aliphatic rings. The number of nitrogens with zero attached hydrogens (tertiary/aromatic N) is 3. The lowest BCUT2D eigenvalue weighted by atomic mass is 9.93. The zero-order chi connectivity index (χ0) is 39.9. The maximum absolute atomic E-state index is 13.8. The maximum Gasteiger partial charge on any atom is 0.220 e. The Morgan fingerprint density at radius 2 is 1.74 bits per heavy atom. The number of alkyl halides is 1. The second-order valence-electron chi connectivity index (χ2n) is 15.4. The van der Waals surface area contributed by atoms with Crippen molar-refractivity contribution in [3.63, 3.8) is 0 Å². The molecule has 0 spiro atoms. The van der Waals surface area contributed by atoms with Gasteiger partial charge in [0.15, 0.2) is 0 Å². The first kappa shape index (κ1) is 40.1. The predicted molar refractivity (Wildman–Crippen MR) is 218 cm³/mol. The molecule has 0 saturated carbocycles. The molecular weight excluding hydrogens is 741 g/mol. The average Bonchev–Trinajstić information content (AvgIpc) is 3.63. The van der Waals surface area contributed by atoms with Crippen molar-refractivity contribution in [3.8, 4) is 40.5 Å². The van der Waals surface area contributed by atoms with E-state index in [0.29, 0.717) is 72.2 Å². The smallest absolute Gasteiger partial charge is 0.220 e. The van der Waals surface area contributed by atoms with E-state index in [1.807, 2.05) is 24.3 Å². The molecule has 0 bridgehead atoms. The van der Waals surface area contributed by atoms with E-state index in [-0.39, 0.29) is 30.7 Å². The van der Waals surface area contributed by atoms with Crippen LogP contribution in [-0.4, -0.2) is 55.3 Å². The summed E-state index contributed by atoms with van der Waals surface area (Å²) in [6.45, 7) is 7.66. The van der Waals surface area contributed by atoms with Crippen molar-refractivity contribution in [2.75, 3.05) is 26.2 Å². The zero-order valence-corrected chi connectivity index (χ0v) is 33.3. The van der Waals surface area contributed by atoms with Gasteiger partial charge in [-0.2, -0.15) is 10.5 Å². The number of fused-ring (bicyclic) bond motifs is 1. The van der Waals surface area contributed by atoms with Crippen molar-refractivity contribution >= 4 is 17.5 Å². The fraction of sp³-hybridized carbons (Fsp3) is 0.413. The van der Waals surface area contributed by atoms with E-state index in [2.05, 4.69) is 65.8 Å². The summed E-state index contributed by atoms with van der Waals surface area (Å²) in [5, 5.41) is 25.9. The van der Waals surface area contributed by atoms with Gasteiger partial charge in [-0.25, -0.2) is 4.39 Å². The molecule has 0 radical (unpaired) electrons. The summed E-state index contributed by atoms with van der Waals surface area (Å²) < 4.78 is 33.2. The predicted octanol–water partition coefficient (Wildman–Crippen LogP) is 8.66. The largest absolute Gasteiger partial charge is 0.493 e. The minimum absolute atomic E-state index is 0.0562. The molecule has 11 heteroatoms. The first-order valence-electron chi connectivity index (χ1n) is 20.0. The summed E-state index contributed by atoms with van der Waals surface area (Å²) in [4.78, 5) is 14.1. The molecule has 9 nitrogen and oxygen atoms in total. The first-order chi connectivity index (χ1) is 27.7. The number of piperidine rings is 2. The van der Waals surface area contributed by atoms with Crippen LogP contribution in [0.5, 0.6) is 17.2 Å². The van der Waals surface area contributed by atoms with Gasteiger partial charge in [0.25, 0.3) is 0 Å². The second-order valence-corrected chi connectivity index (χ2v) is 15.8. The number of ether oxygens (including phenoxy) is 3. The molecule has 2 heterocycles. The monoisotopic (exact) mass is 789 g/mol. The van der Waals surface area contributed by atoms with Gasteiger partial charge in [0.2, 0.25) is 5.91 Å². The van der Waals surface area contributed by atoms with E-state index in [0.717, 1.165) is 72.3 Å². The maximum atomic E-state index is 13.8. The van der Waals surface area contributed by atoms with Crippen LogP contribution in [0.1, 0.15) is 90.5 Å². The third-order valence-corrected chi connectivity index (χ3v) is 11.8. The van der Waals surface area contributed by atoms with Crippen molar-refractivity contribution in [1.29, 1.82) is 10.5 Å². The average molecular weight is 790 g/mol. The topological polar surface area (TPSA) is 120 Å². The van der Waals surface area contributed by atoms with Gasteiger partial charge in [-0.1, -0.05) is 41.9 Å². The lowest BCUT2D eigenvalue weighted by Gasteiger charge is -2.34. The van der Waals surface area contributed by atoms with Crippen molar-refractivity contribution < 1.29 is 23.4 Å². The number of amides is 1. The molecular formula is C46H49ClFN5O4.